The Labute approximate surface area is 181 Å². The summed E-state index contributed by atoms with van der Waals surface area (Å²) in [5, 5.41) is 0. The van der Waals surface area contributed by atoms with Crippen molar-refractivity contribution >= 4 is 17.5 Å². The van der Waals surface area contributed by atoms with E-state index in [2.05, 4.69) is 6.58 Å². The maximum atomic E-state index is 6.32. The van der Waals surface area contributed by atoms with E-state index in [1.807, 2.05) is 64.1 Å². The van der Waals surface area contributed by atoms with Crippen LogP contribution < -0.4 is 0 Å². The predicted octanol–water partition coefficient (Wildman–Crippen LogP) is 5.06. The summed E-state index contributed by atoms with van der Waals surface area (Å²) in [4.78, 5) is 1.08. The van der Waals surface area contributed by atoms with Gasteiger partial charge in [-0.15, -0.1) is 0 Å². The standard InChI is InChI=1S/C23H28O6S/c1-15(17-12-9-13-24-17)26-19(18-14-25-22(2,3)27-18)20-21(29-23(4,5)28-20)30-16-10-7-6-8-11-16/h6-13,18-21H,1,14H2,2-5H3/t18-,19-,20+,21?/m1/s1. The number of hydrogen-bond acceptors (Lipinski definition) is 7. The molecule has 2 aromatic rings. The number of hydrogen-bond donors (Lipinski definition) is 0. The molecule has 3 heterocycles. The van der Waals surface area contributed by atoms with E-state index in [0.29, 0.717) is 18.1 Å². The lowest BCUT2D eigenvalue weighted by Gasteiger charge is -2.31. The lowest BCUT2D eigenvalue weighted by Crippen LogP contribution is -2.45. The van der Waals surface area contributed by atoms with Crippen LogP contribution in [0.15, 0.2) is 64.6 Å². The van der Waals surface area contributed by atoms with E-state index in [0.717, 1.165) is 4.90 Å². The molecule has 1 aromatic heterocycles. The molecule has 0 saturated carbocycles. The smallest absolute Gasteiger partial charge is 0.167 e. The van der Waals surface area contributed by atoms with Gasteiger partial charge in [0.05, 0.1) is 12.9 Å². The van der Waals surface area contributed by atoms with Crippen LogP contribution in [0.2, 0.25) is 0 Å². The van der Waals surface area contributed by atoms with Crippen LogP contribution in [0.1, 0.15) is 33.5 Å². The number of furan rings is 1. The molecule has 7 heteroatoms. The molecule has 1 aromatic carbocycles. The molecule has 162 valence electrons. The molecule has 0 aliphatic carbocycles. The molecule has 1 unspecified atom stereocenters. The third kappa shape index (κ3) is 4.92. The number of benzene rings is 1. The van der Waals surface area contributed by atoms with E-state index in [9.17, 15) is 0 Å². The van der Waals surface area contributed by atoms with Crippen LogP contribution in [0.3, 0.4) is 0 Å². The number of rotatable bonds is 7. The second-order valence-corrected chi connectivity index (χ2v) is 9.42. The second-order valence-electron chi connectivity index (χ2n) is 8.25. The summed E-state index contributed by atoms with van der Waals surface area (Å²) in [6.45, 7) is 12.0. The minimum Gasteiger partial charge on any atom is -0.481 e. The van der Waals surface area contributed by atoms with Crippen LogP contribution in [-0.4, -0.2) is 41.9 Å². The molecule has 2 aliphatic rings. The topological polar surface area (TPSA) is 59.3 Å². The van der Waals surface area contributed by atoms with Crippen LogP contribution in [0.25, 0.3) is 5.76 Å². The van der Waals surface area contributed by atoms with Gasteiger partial charge in [0.15, 0.2) is 29.2 Å². The third-order valence-electron chi connectivity index (χ3n) is 4.88. The largest absolute Gasteiger partial charge is 0.481 e. The summed E-state index contributed by atoms with van der Waals surface area (Å²) in [5.74, 6) is -0.492. The van der Waals surface area contributed by atoms with Crippen LogP contribution in [-0.2, 0) is 23.7 Å². The summed E-state index contributed by atoms with van der Waals surface area (Å²) >= 11 is 1.60. The summed E-state index contributed by atoms with van der Waals surface area (Å²) in [7, 11) is 0. The third-order valence-corrected chi connectivity index (χ3v) is 6.02. The van der Waals surface area contributed by atoms with Crippen LogP contribution in [0, 0.1) is 0 Å². The summed E-state index contributed by atoms with van der Waals surface area (Å²) in [6, 6.07) is 13.7. The zero-order valence-corrected chi connectivity index (χ0v) is 18.5. The Balaban J connectivity index is 1.60. The van der Waals surface area contributed by atoms with Crippen molar-refractivity contribution in [2.24, 2.45) is 0 Å². The molecule has 0 amide bonds. The van der Waals surface area contributed by atoms with E-state index in [1.54, 1.807) is 24.1 Å². The molecule has 0 spiro atoms. The summed E-state index contributed by atoms with van der Waals surface area (Å²) < 4.78 is 36.3. The lowest BCUT2D eigenvalue weighted by molar-refractivity contribution is -0.178. The molecule has 2 aliphatic heterocycles. The van der Waals surface area contributed by atoms with Crippen molar-refractivity contribution in [3.05, 3.63) is 61.1 Å². The van der Waals surface area contributed by atoms with E-state index < -0.39 is 23.8 Å². The molecule has 0 bridgehead atoms. The minimum absolute atomic E-state index is 0.302. The second kappa shape index (κ2) is 8.40. The summed E-state index contributed by atoms with van der Waals surface area (Å²) in [6.07, 6.45) is 0.309. The fourth-order valence-corrected chi connectivity index (χ4v) is 4.80. The molecule has 30 heavy (non-hydrogen) atoms. The maximum absolute atomic E-state index is 6.32. The van der Waals surface area contributed by atoms with E-state index in [-0.39, 0.29) is 11.5 Å². The molecular weight excluding hydrogens is 404 g/mol. The SMILES string of the molecule is C=C(O[C@@H]([C@@H]1OC(C)(C)OC1Sc1ccccc1)[C@H]1COC(C)(C)O1)c1ccco1. The van der Waals surface area contributed by atoms with Gasteiger partial charge in [-0.3, -0.25) is 0 Å². The van der Waals surface area contributed by atoms with Crippen molar-refractivity contribution in [3.8, 4) is 0 Å². The van der Waals surface area contributed by atoms with Crippen molar-refractivity contribution in [1.82, 2.24) is 0 Å². The number of ether oxygens (including phenoxy) is 5. The van der Waals surface area contributed by atoms with Gasteiger partial charge in [-0.25, -0.2) is 0 Å². The first-order valence-corrected chi connectivity index (χ1v) is 10.9. The highest BCUT2D eigenvalue weighted by Crippen LogP contribution is 2.42. The molecule has 2 saturated heterocycles. The van der Waals surface area contributed by atoms with Gasteiger partial charge in [0, 0.05) is 4.90 Å². The normalized spacial score (nSPS) is 28.3. The predicted molar refractivity (Wildman–Crippen MR) is 114 cm³/mol. The quantitative estimate of drug-likeness (QED) is 0.567. The first-order valence-electron chi connectivity index (χ1n) is 10.0. The monoisotopic (exact) mass is 432 g/mol. The zero-order chi connectivity index (χ0) is 21.4. The maximum Gasteiger partial charge on any atom is 0.167 e. The van der Waals surface area contributed by atoms with E-state index >= 15 is 0 Å². The summed E-state index contributed by atoms with van der Waals surface area (Å²) in [5.41, 5.74) is -0.302. The Hall–Kier alpha value is -1.77. The van der Waals surface area contributed by atoms with Gasteiger partial charge < -0.3 is 28.1 Å². The lowest BCUT2D eigenvalue weighted by atomic mass is 10.1. The van der Waals surface area contributed by atoms with Gasteiger partial charge in [0.25, 0.3) is 0 Å². The first-order chi connectivity index (χ1) is 14.2. The highest BCUT2D eigenvalue weighted by molar-refractivity contribution is 7.99. The molecule has 6 nitrogen and oxygen atoms in total. The average molecular weight is 433 g/mol. The Morgan fingerprint density at radius 2 is 1.80 bits per heavy atom. The van der Waals surface area contributed by atoms with Gasteiger partial charge in [-0.1, -0.05) is 36.5 Å². The molecule has 0 N–H and O–H groups in total. The molecular formula is C23H28O6S. The Morgan fingerprint density at radius 1 is 1.03 bits per heavy atom. The van der Waals surface area contributed by atoms with Crippen molar-refractivity contribution < 1.29 is 28.1 Å². The Morgan fingerprint density at radius 3 is 2.43 bits per heavy atom. The van der Waals surface area contributed by atoms with Crippen molar-refractivity contribution in [3.63, 3.8) is 0 Å². The van der Waals surface area contributed by atoms with Gasteiger partial charge in [0.2, 0.25) is 0 Å². The minimum atomic E-state index is -0.764. The van der Waals surface area contributed by atoms with E-state index in [4.69, 9.17) is 28.1 Å². The van der Waals surface area contributed by atoms with E-state index in [1.165, 1.54) is 0 Å². The van der Waals surface area contributed by atoms with Crippen molar-refractivity contribution in [2.75, 3.05) is 6.61 Å². The van der Waals surface area contributed by atoms with Gasteiger partial charge in [-0.2, -0.15) is 0 Å². The van der Waals surface area contributed by atoms with Gasteiger partial charge in [0.1, 0.15) is 17.6 Å². The van der Waals surface area contributed by atoms with Crippen LogP contribution >= 0.6 is 11.8 Å². The number of thioether (sulfide) groups is 1. The fourth-order valence-electron chi connectivity index (χ4n) is 3.60. The van der Waals surface area contributed by atoms with Gasteiger partial charge >= 0.3 is 0 Å². The van der Waals surface area contributed by atoms with Gasteiger partial charge in [-0.05, 0) is 52.0 Å². The zero-order valence-electron chi connectivity index (χ0n) is 17.7. The molecule has 4 atom stereocenters. The van der Waals surface area contributed by atoms with Crippen LogP contribution in [0.5, 0.6) is 0 Å². The van der Waals surface area contributed by atoms with Crippen LogP contribution in [0.4, 0.5) is 0 Å². The first kappa shape index (κ1) is 21.5. The molecule has 0 radical (unpaired) electrons. The molecule has 4 rings (SSSR count). The Bertz CT molecular complexity index is 848. The fraction of sp³-hybridized carbons (Fsp3) is 0.478. The van der Waals surface area contributed by atoms with Crippen molar-refractivity contribution in [1.29, 1.82) is 0 Å². The highest BCUT2D eigenvalue weighted by Gasteiger charge is 2.52. The average Bonchev–Trinajstić information content (AvgIpc) is 3.40. The Kier molecular flexibility index (Phi) is 6.01. The molecule has 2 fully saturated rings. The highest BCUT2D eigenvalue weighted by atomic mass is 32.2. The van der Waals surface area contributed by atoms with Crippen molar-refractivity contribution in [2.45, 2.75) is 67.9 Å².